The van der Waals surface area contributed by atoms with E-state index in [9.17, 15) is 9.59 Å². The van der Waals surface area contributed by atoms with Crippen molar-refractivity contribution in [2.75, 3.05) is 25.0 Å². The van der Waals surface area contributed by atoms with E-state index in [4.69, 9.17) is 0 Å². The molecular formula is C18H19N7O2. The van der Waals surface area contributed by atoms with E-state index in [1.807, 2.05) is 48.7 Å². The highest BCUT2D eigenvalue weighted by Gasteiger charge is 2.21. The first kappa shape index (κ1) is 17.0. The average Bonchev–Trinajstić information content (AvgIpc) is 3.26. The van der Waals surface area contributed by atoms with Gasteiger partial charge in [0.05, 0.1) is 11.4 Å². The smallest absolute Gasteiger partial charge is 0.317 e. The Kier molecular flexibility index (Phi) is 4.19. The van der Waals surface area contributed by atoms with Crippen molar-refractivity contribution >= 4 is 23.4 Å². The molecule has 3 amide bonds. The summed E-state index contributed by atoms with van der Waals surface area (Å²) in [5.41, 5.74) is 4.21. The molecule has 9 nitrogen and oxygen atoms in total. The summed E-state index contributed by atoms with van der Waals surface area (Å²) in [5, 5.41) is 13.7. The van der Waals surface area contributed by atoms with Crippen LogP contribution in [0.5, 0.6) is 0 Å². The van der Waals surface area contributed by atoms with E-state index in [0.29, 0.717) is 24.6 Å². The predicted octanol–water partition coefficient (Wildman–Crippen LogP) is 1.37. The van der Waals surface area contributed by atoms with E-state index < -0.39 is 0 Å². The van der Waals surface area contributed by atoms with Gasteiger partial charge in [0, 0.05) is 36.2 Å². The molecule has 1 aliphatic heterocycles. The molecule has 2 N–H and O–H groups in total. The van der Waals surface area contributed by atoms with E-state index in [1.54, 1.807) is 0 Å². The topological polar surface area (TPSA) is 105 Å². The number of anilines is 1. The molecule has 0 radical (unpaired) electrons. The molecule has 0 saturated carbocycles. The second kappa shape index (κ2) is 6.67. The SMILES string of the molecule is Cc1nnc2nc(-c3ccc(NC(=O)CN4CCNC4=O)cc3)cn2c1C. The molecule has 1 aliphatic rings. The zero-order chi connectivity index (χ0) is 19.0. The molecular weight excluding hydrogens is 346 g/mol. The number of aromatic nitrogens is 4. The molecule has 2 aromatic heterocycles. The van der Waals surface area contributed by atoms with Crippen molar-refractivity contribution in [1.82, 2.24) is 29.8 Å². The molecule has 138 valence electrons. The molecule has 27 heavy (non-hydrogen) atoms. The van der Waals surface area contributed by atoms with Gasteiger partial charge in [0.25, 0.3) is 5.78 Å². The van der Waals surface area contributed by atoms with Gasteiger partial charge in [-0.25, -0.2) is 9.78 Å². The molecule has 3 aromatic rings. The van der Waals surface area contributed by atoms with Gasteiger partial charge in [-0.3, -0.25) is 9.20 Å². The molecule has 1 fully saturated rings. The number of aryl methyl sites for hydroxylation is 2. The second-order valence-corrected chi connectivity index (χ2v) is 6.45. The van der Waals surface area contributed by atoms with Crippen molar-refractivity contribution in [3.8, 4) is 11.3 Å². The number of hydrogen-bond acceptors (Lipinski definition) is 5. The lowest BCUT2D eigenvalue weighted by molar-refractivity contribution is -0.116. The lowest BCUT2D eigenvalue weighted by atomic mass is 10.1. The minimum atomic E-state index is -0.228. The molecule has 0 spiro atoms. The number of benzene rings is 1. The number of rotatable bonds is 4. The number of hydrogen-bond donors (Lipinski definition) is 2. The summed E-state index contributed by atoms with van der Waals surface area (Å²) < 4.78 is 1.91. The fraction of sp³-hybridized carbons (Fsp3) is 0.278. The Morgan fingerprint density at radius 2 is 2.00 bits per heavy atom. The molecule has 0 bridgehead atoms. The molecule has 9 heteroatoms. The second-order valence-electron chi connectivity index (χ2n) is 6.45. The Morgan fingerprint density at radius 1 is 1.22 bits per heavy atom. The number of fused-ring (bicyclic) bond motifs is 1. The molecule has 0 unspecified atom stereocenters. The Hall–Kier alpha value is -3.49. The van der Waals surface area contributed by atoms with Gasteiger partial charge in [0.2, 0.25) is 5.91 Å². The number of nitrogens with zero attached hydrogens (tertiary/aromatic N) is 5. The Balaban J connectivity index is 1.48. The Bertz CT molecular complexity index is 1030. The van der Waals surface area contributed by atoms with Crippen molar-refractivity contribution in [3.63, 3.8) is 0 Å². The summed E-state index contributed by atoms with van der Waals surface area (Å²) in [6.07, 6.45) is 1.92. The quantitative estimate of drug-likeness (QED) is 0.727. The van der Waals surface area contributed by atoms with Crippen LogP contribution in [-0.4, -0.2) is 56.1 Å². The van der Waals surface area contributed by atoms with Crippen LogP contribution in [0, 0.1) is 13.8 Å². The number of amides is 3. The normalized spacial score (nSPS) is 13.9. The van der Waals surface area contributed by atoms with Gasteiger partial charge < -0.3 is 15.5 Å². The lowest BCUT2D eigenvalue weighted by Gasteiger charge is -2.13. The largest absolute Gasteiger partial charge is 0.336 e. The molecule has 0 atom stereocenters. The van der Waals surface area contributed by atoms with Gasteiger partial charge in [-0.1, -0.05) is 12.1 Å². The van der Waals surface area contributed by atoms with Gasteiger partial charge in [0.1, 0.15) is 6.54 Å². The van der Waals surface area contributed by atoms with Crippen LogP contribution >= 0.6 is 0 Å². The fourth-order valence-electron chi connectivity index (χ4n) is 2.95. The maximum absolute atomic E-state index is 12.1. The van der Waals surface area contributed by atoms with Crippen molar-refractivity contribution < 1.29 is 9.59 Å². The maximum atomic E-state index is 12.1. The van der Waals surface area contributed by atoms with E-state index in [-0.39, 0.29) is 18.5 Å². The minimum Gasteiger partial charge on any atom is -0.336 e. The summed E-state index contributed by atoms with van der Waals surface area (Å²) >= 11 is 0. The van der Waals surface area contributed by atoms with E-state index in [1.165, 1.54) is 4.90 Å². The van der Waals surface area contributed by atoms with E-state index in [2.05, 4.69) is 25.8 Å². The number of urea groups is 1. The molecule has 3 heterocycles. The maximum Gasteiger partial charge on any atom is 0.317 e. The number of imidazole rings is 1. The van der Waals surface area contributed by atoms with Crippen molar-refractivity contribution in [2.45, 2.75) is 13.8 Å². The zero-order valence-corrected chi connectivity index (χ0v) is 15.1. The summed E-state index contributed by atoms with van der Waals surface area (Å²) in [4.78, 5) is 29.6. The minimum absolute atomic E-state index is 0.0390. The van der Waals surface area contributed by atoms with Gasteiger partial charge >= 0.3 is 6.03 Å². The average molecular weight is 365 g/mol. The summed E-state index contributed by atoms with van der Waals surface area (Å²) in [7, 11) is 0. The van der Waals surface area contributed by atoms with Crippen LogP contribution < -0.4 is 10.6 Å². The van der Waals surface area contributed by atoms with Crippen LogP contribution in [0.1, 0.15) is 11.4 Å². The van der Waals surface area contributed by atoms with Crippen molar-refractivity contribution in [3.05, 3.63) is 41.9 Å². The van der Waals surface area contributed by atoms with Gasteiger partial charge in [0.15, 0.2) is 0 Å². The van der Waals surface area contributed by atoms with E-state index >= 15 is 0 Å². The number of nitrogens with one attached hydrogen (secondary N) is 2. The summed E-state index contributed by atoms with van der Waals surface area (Å²) in [6.45, 7) is 5.04. The first-order valence-corrected chi connectivity index (χ1v) is 8.63. The van der Waals surface area contributed by atoms with Gasteiger partial charge in [-0.05, 0) is 26.0 Å². The fourth-order valence-corrected chi connectivity index (χ4v) is 2.95. The molecule has 0 aliphatic carbocycles. The molecule has 1 aromatic carbocycles. The Labute approximate surface area is 155 Å². The third kappa shape index (κ3) is 3.31. The van der Waals surface area contributed by atoms with Crippen LogP contribution in [0.3, 0.4) is 0 Å². The molecule has 4 rings (SSSR count). The monoisotopic (exact) mass is 365 g/mol. The third-order valence-corrected chi connectivity index (χ3v) is 4.61. The predicted molar refractivity (Wildman–Crippen MR) is 99.3 cm³/mol. The highest BCUT2D eigenvalue weighted by atomic mass is 16.2. The standard InChI is InChI=1S/C18H19N7O2/c1-11-12(2)25-9-15(21-17(25)23-22-11)13-3-5-14(6-4-13)20-16(26)10-24-8-7-19-18(24)27/h3-6,9H,7-8,10H2,1-2H3,(H,19,27)(H,20,26). The first-order valence-electron chi connectivity index (χ1n) is 8.63. The summed E-state index contributed by atoms with van der Waals surface area (Å²) in [5.74, 6) is 0.322. The molecule has 1 saturated heterocycles. The number of carbonyl (C=O) groups excluding carboxylic acids is 2. The van der Waals surface area contributed by atoms with Crippen molar-refractivity contribution in [1.29, 1.82) is 0 Å². The van der Waals surface area contributed by atoms with Crippen LogP contribution in [-0.2, 0) is 4.79 Å². The highest BCUT2D eigenvalue weighted by Crippen LogP contribution is 2.21. The van der Waals surface area contributed by atoms with Crippen LogP contribution in [0.25, 0.3) is 17.0 Å². The lowest BCUT2D eigenvalue weighted by Crippen LogP contribution is -2.35. The first-order chi connectivity index (χ1) is 13.0. The third-order valence-electron chi connectivity index (χ3n) is 4.61. The van der Waals surface area contributed by atoms with Crippen LogP contribution in [0.4, 0.5) is 10.5 Å². The Morgan fingerprint density at radius 3 is 2.70 bits per heavy atom. The van der Waals surface area contributed by atoms with Crippen LogP contribution in [0.15, 0.2) is 30.5 Å². The van der Waals surface area contributed by atoms with Gasteiger partial charge in [-0.15, -0.1) is 5.10 Å². The number of carbonyl (C=O) groups is 2. The van der Waals surface area contributed by atoms with Gasteiger partial charge in [-0.2, -0.15) is 5.10 Å². The van der Waals surface area contributed by atoms with Crippen molar-refractivity contribution in [2.24, 2.45) is 0 Å². The summed E-state index contributed by atoms with van der Waals surface area (Å²) in [6, 6.07) is 7.18. The highest BCUT2D eigenvalue weighted by molar-refractivity contribution is 5.94. The van der Waals surface area contributed by atoms with Crippen LogP contribution in [0.2, 0.25) is 0 Å². The van der Waals surface area contributed by atoms with E-state index in [0.717, 1.165) is 22.6 Å². The zero-order valence-electron chi connectivity index (χ0n) is 15.1.